The lowest BCUT2D eigenvalue weighted by molar-refractivity contribution is -0.192. The highest BCUT2D eigenvalue weighted by Gasteiger charge is 2.38. The summed E-state index contributed by atoms with van der Waals surface area (Å²) in [5, 5.41) is 31.4. The van der Waals surface area contributed by atoms with Crippen LogP contribution in [0.4, 0.5) is 18.9 Å². The second kappa shape index (κ2) is 15.3. The number of carbonyl (C=O) groups is 3. The minimum atomic E-state index is -5.08. The van der Waals surface area contributed by atoms with Gasteiger partial charge in [-0.15, -0.1) is 0 Å². The average Bonchev–Trinajstić information content (AvgIpc) is 3.50. The first kappa shape index (κ1) is 33.3. The van der Waals surface area contributed by atoms with Crippen LogP contribution in [0.5, 0.6) is 0 Å². The molecule has 4 rings (SSSR count). The highest BCUT2D eigenvalue weighted by molar-refractivity contribution is 6.03. The van der Waals surface area contributed by atoms with Crippen LogP contribution in [0.3, 0.4) is 0 Å². The number of carbonyl (C=O) groups excluding carboxylic acids is 2. The van der Waals surface area contributed by atoms with Crippen LogP contribution in [0, 0.1) is 11.3 Å². The SMILES string of the molecule is CNC(CCO)C(=O)N1CCC(c2ccc(NC(=O)c3ncc(C#N)[nH]3)c(C3=CCCCC3)c2)CC1.O=C(O)C(F)(F)F. The van der Waals surface area contributed by atoms with Crippen molar-refractivity contribution in [3.8, 4) is 6.07 Å². The van der Waals surface area contributed by atoms with E-state index in [0.29, 0.717) is 25.4 Å². The van der Waals surface area contributed by atoms with Gasteiger partial charge >= 0.3 is 12.1 Å². The van der Waals surface area contributed by atoms with Crippen LogP contribution in [-0.4, -0.2) is 81.8 Å². The Morgan fingerprint density at radius 1 is 1.23 bits per heavy atom. The molecule has 232 valence electrons. The molecule has 1 aliphatic carbocycles. The van der Waals surface area contributed by atoms with E-state index in [9.17, 15) is 27.9 Å². The maximum Gasteiger partial charge on any atom is 0.490 e. The number of aliphatic hydroxyl groups excluding tert-OH is 1. The topological polar surface area (TPSA) is 171 Å². The van der Waals surface area contributed by atoms with E-state index in [4.69, 9.17) is 15.2 Å². The standard InChI is InChI=1S/C27H34N6O3.C2HF3O2/c1-29-24(11-14-34)27(36)33-12-9-18(10-13-33)20-7-8-23(22(15-20)19-5-3-2-4-6-19)32-26(35)25-30-17-21(16-28)31-25;3-2(4,5)1(6)7/h5,7-8,15,17-18,24,29,34H,2-4,6,9-14H2,1H3,(H,30,31)(H,32,35);(H,6,7). The molecule has 1 atom stereocenters. The summed E-state index contributed by atoms with van der Waals surface area (Å²) in [7, 11) is 1.75. The first-order valence-electron chi connectivity index (χ1n) is 13.9. The van der Waals surface area contributed by atoms with Crippen LogP contribution in [0.15, 0.2) is 30.5 Å². The number of aromatic nitrogens is 2. The molecule has 5 N–H and O–H groups in total. The average molecular weight is 605 g/mol. The third kappa shape index (κ3) is 9.13. The quantitative estimate of drug-likeness (QED) is 0.303. The van der Waals surface area contributed by atoms with Gasteiger partial charge in [0, 0.05) is 30.9 Å². The van der Waals surface area contributed by atoms with Gasteiger partial charge in [-0.2, -0.15) is 18.4 Å². The molecular weight excluding hydrogens is 569 g/mol. The number of carboxylic acids is 1. The lowest BCUT2D eigenvalue weighted by Gasteiger charge is -2.34. The fourth-order valence-electron chi connectivity index (χ4n) is 5.12. The lowest BCUT2D eigenvalue weighted by atomic mass is 9.85. The van der Waals surface area contributed by atoms with E-state index in [0.717, 1.165) is 43.4 Å². The molecular formula is C29H35F3N6O5. The molecule has 0 spiro atoms. The largest absolute Gasteiger partial charge is 0.490 e. The number of carboxylic acid groups (broad SMARTS) is 1. The summed E-state index contributed by atoms with van der Waals surface area (Å²) in [5.41, 5.74) is 4.47. The number of imidazole rings is 1. The molecule has 43 heavy (non-hydrogen) atoms. The third-order valence-corrected chi connectivity index (χ3v) is 7.42. The lowest BCUT2D eigenvalue weighted by Crippen LogP contribution is -2.48. The zero-order valence-electron chi connectivity index (χ0n) is 23.7. The van der Waals surface area contributed by atoms with Gasteiger partial charge in [-0.1, -0.05) is 12.1 Å². The molecule has 0 saturated carbocycles. The molecule has 1 aromatic carbocycles. The minimum Gasteiger partial charge on any atom is -0.475 e. The first-order chi connectivity index (χ1) is 20.5. The van der Waals surface area contributed by atoms with E-state index in [1.54, 1.807) is 7.05 Å². The second-order valence-corrected chi connectivity index (χ2v) is 10.2. The number of aromatic amines is 1. The Morgan fingerprint density at radius 2 is 1.93 bits per heavy atom. The van der Waals surface area contributed by atoms with E-state index in [1.807, 2.05) is 17.0 Å². The number of amides is 2. The number of aliphatic carboxylic acids is 1. The van der Waals surface area contributed by atoms with Crippen molar-refractivity contribution in [1.29, 1.82) is 5.26 Å². The Balaban J connectivity index is 0.000000646. The number of nitrogens with one attached hydrogen (secondary N) is 3. The Morgan fingerprint density at radius 3 is 2.47 bits per heavy atom. The summed E-state index contributed by atoms with van der Waals surface area (Å²) in [6.45, 7) is 1.35. The third-order valence-electron chi connectivity index (χ3n) is 7.42. The molecule has 1 unspecified atom stereocenters. The monoisotopic (exact) mass is 604 g/mol. The van der Waals surface area contributed by atoms with Crippen LogP contribution < -0.4 is 10.6 Å². The van der Waals surface area contributed by atoms with E-state index in [2.05, 4.69) is 38.8 Å². The van der Waals surface area contributed by atoms with Crippen molar-refractivity contribution < 1.29 is 37.8 Å². The van der Waals surface area contributed by atoms with Crippen LogP contribution in [0.1, 0.15) is 78.3 Å². The number of anilines is 1. The van der Waals surface area contributed by atoms with Crippen LogP contribution >= 0.6 is 0 Å². The molecule has 1 aliphatic heterocycles. The van der Waals surface area contributed by atoms with Gasteiger partial charge in [0.05, 0.1) is 12.2 Å². The number of aliphatic hydroxyl groups is 1. The van der Waals surface area contributed by atoms with Crippen molar-refractivity contribution in [3.63, 3.8) is 0 Å². The van der Waals surface area contributed by atoms with Crippen LogP contribution in [0.2, 0.25) is 0 Å². The van der Waals surface area contributed by atoms with Gasteiger partial charge in [-0.25, -0.2) is 9.78 Å². The van der Waals surface area contributed by atoms with Gasteiger partial charge in [0.1, 0.15) is 11.8 Å². The van der Waals surface area contributed by atoms with Gasteiger partial charge < -0.3 is 30.7 Å². The van der Waals surface area contributed by atoms with Crippen molar-refractivity contribution in [1.82, 2.24) is 20.2 Å². The number of likely N-dealkylation sites (N-methyl/N-ethyl adjacent to an activating group) is 1. The molecule has 1 aromatic heterocycles. The van der Waals surface area contributed by atoms with Crippen molar-refractivity contribution in [2.45, 2.75) is 63.1 Å². The molecule has 0 bridgehead atoms. The van der Waals surface area contributed by atoms with Gasteiger partial charge in [-0.05, 0) is 81.2 Å². The smallest absolute Gasteiger partial charge is 0.475 e. The van der Waals surface area contributed by atoms with Crippen molar-refractivity contribution >= 4 is 29.0 Å². The van der Waals surface area contributed by atoms with E-state index >= 15 is 0 Å². The Bertz CT molecular complexity index is 1360. The number of benzene rings is 1. The summed E-state index contributed by atoms with van der Waals surface area (Å²) in [4.78, 5) is 43.1. The first-order valence-corrected chi connectivity index (χ1v) is 13.9. The van der Waals surface area contributed by atoms with Gasteiger partial charge in [-0.3, -0.25) is 9.59 Å². The molecule has 2 aromatic rings. The predicted molar refractivity (Wildman–Crippen MR) is 151 cm³/mol. The summed E-state index contributed by atoms with van der Waals surface area (Å²) >= 11 is 0. The number of alkyl halides is 3. The number of hydrogen-bond acceptors (Lipinski definition) is 7. The van der Waals surface area contributed by atoms with E-state index < -0.39 is 12.1 Å². The van der Waals surface area contributed by atoms with E-state index in [1.165, 1.54) is 23.8 Å². The maximum absolute atomic E-state index is 12.8. The Hall–Kier alpha value is -4.22. The van der Waals surface area contributed by atoms with E-state index in [-0.39, 0.29) is 36.0 Å². The zero-order chi connectivity index (χ0) is 31.6. The summed E-state index contributed by atoms with van der Waals surface area (Å²) < 4.78 is 31.7. The van der Waals surface area contributed by atoms with Crippen molar-refractivity contribution in [2.24, 2.45) is 0 Å². The fraction of sp³-hybridized carbons (Fsp3) is 0.483. The number of halogens is 3. The fourth-order valence-corrected chi connectivity index (χ4v) is 5.12. The number of nitrogens with zero attached hydrogens (tertiary/aromatic N) is 3. The Kier molecular flexibility index (Phi) is 11.8. The maximum atomic E-state index is 12.8. The van der Waals surface area contributed by atoms with Crippen molar-refractivity contribution in [2.75, 3.05) is 32.1 Å². The molecule has 2 aliphatic rings. The van der Waals surface area contributed by atoms with Gasteiger partial charge in [0.25, 0.3) is 5.91 Å². The van der Waals surface area contributed by atoms with Gasteiger partial charge in [0.15, 0.2) is 5.82 Å². The van der Waals surface area contributed by atoms with Crippen LogP contribution in [-0.2, 0) is 9.59 Å². The second-order valence-electron chi connectivity index (χ2n) is 10.2. The number of hydrogen-bond donors (Lipinski definition) is 5. The molecule has 0 radical (unpaired) electrons. The predicted octanol–water partition coefficient (Wildman–Crippen LogP) is 3.80. The molecule has 1 saturated heterocycles. The van der Waals surface area contributed by atoms with Crippen molar-refractivity contribution in [3.05, 3.63) is 53.1 Å². The summed E-state index contributed by atoms with van der Waals surface area (Å²) in [5.74, 6) is -2.65. The number of allylic oxidation sites excluding steroid dienone is 2. The molecule has 2 amide bonds. The Labute approximate surface area is 246 Å². The number of nitriles is 1. The normalized spacial score (nSPS) is 16.3. The highest BCUT2D eigenvalue weighted by Crippen LogP contribution is 2.36. The summed E-state index contributed by atoms with van der Waals surface area (Å²) in [6.07, 6.45) is 4.97. The summed E-state index contributed by atoms with van der Waals surface area (Å²) in [6, 6.07) is 7.82. The molecule has 1 fully saturated rings. The molecule has 2 heterocycles. The highest BCUT2D eigenvalue weighted by atomic mass is 19.4. The molecule has 11 nitrogen and oxygen atoms in total. The number of H-pyrrole nitrogens is 1. The number of likely N-dealkylation sites (tertiary alicyclic amines) is 1. The zero-order valence-corrected chi connectivity index (χ0v) is 23.7. The van der Waals surface area contributed by atoms with Gasteiger partial charge in [0.2, 0.25) is 5.91 Å². The van der Waals surface area contributed by atoms with Crippen LogP contribution in [0.25, 0.3) is 5.57 Å². The molecule has 14 heteroatoms. The number of piperidine rings is 1. The number of rotatable bonds is 8. The minimum absolute atomic E-state index is 0.0192.